The van der Waals surface area contributed by atoms with Crippen molar-refractivity contribution in [3.63, 3.8) is 0 Å². The number of amides is 1. The minimum atomic E-state index is -4.61. The van der Waals surface area contributed by atoms with Gasteiger partial charge >= 0.3 is 0 Å². The van der Waals surface area contributed by atoms with E-state index in [2.05, 4.69) is 104 Å². The number of unbranched alkanes of at least 4 members (excludes halogenated alkanes) is 35. The fourth-order valence-electron chi connectivity index (χ4n) is 9.78. The maximum atomic E-state index is 13.0. The molecule has 0 aromatic rings. The van der Waals surface area contributed by atoms with Crippen molar-refractivity contribution in [2.24, 2.45) is 0 Å². The molecular formula is C72H131N2O6P. The molecule has 0 aliphatic heterocycles. The molecule has 9 heteroatoms. The summed E-state index contributed by atoms with van der Waals surface area (Å²) in [5.41, 5.74) is 0. The van der Waals surface area contributed by atoms with E-state index >= 15 is 0 Å². The number of allylic oxidation sites excluding steroid dienone is 15. The molecule has 0 bridgehead atoms. The first-order valence-electron chi connectivity index (χ1n) is 34.1. The van der Waals surface area contributed by atoms with E-state index in [1.807, 2.05) is 27.2 Å². The van der Waals surface area contributed by atoms with Gasteiger partial charge in [-0.3, -0.25) is 9.36 Å². The van der Waals surface area contributed by atoms with E-state index in [1.54, 1.807) is 6.08 Å². The van der Waals surface area contributed by atoms with Crippen molar-refractivity contribution in [1.29, 1.82) is 0 Å². The quantitative estimate of drug-likeness (QED) is 0.0272. The highest BCUT2D eigenvalue weighted by Crippen LogP contribution is 2.38. The lowest BCUT2D eigenvalue weighted by atomic mass is 10.0. The van der Waals surface area contributed by atoms with Crippen molar-refractivity contribution in [2.45, 2.75) is 315 Å². The molecule has 0 rings (SSSR count). The molecule has 0 fully saturated rings. The predicted octanol–water partition coefficient (Wildman–Crippen LogP) is 21.1. The highest BCUT2D eigenvalue weighted by molar-refractivity contribution is 7.45. The van der Waals surface area contributed by atoms with E-state index < -0.39 is 20.0 Å². The van der Waals surface area contributed by atoms with Crippen LogP contribution >= 0.6 is 7.82 Å². The number of quaternary nitrogens is 1. The van der Waals surface area contributed by atoms with Crippen LogP contribution in [0.4, 0.5) is 0 Å². The summed E-state index contributed by atoms with van der Waals surface area (Å²) in [4.78, 5) is 25.6. The predicted molar refractivity (Wildman–Crippen MR) is 353 cm³/mol. The molecule has 3 unspecified atom stereocenters. The number of carbonyl (C=O) groups excluding carboxylic acids is 1. The van der Waals surface area contributed by atoms with Crippen LogP contribution in [0.5, 0.6) is 0 Å². The Morgan fingerprint density at radius 3 is 1.10 bits per heavy atom. The van der Waals surface area contributed by atoms with Crippen LogP contribution in [0, 0.1) is 0 Å². The van der Waals surface area contributed by atoms with E-state index in [1.165, 1.54) is 199 Å². The van der Waals surface area contributed by atoms with Crippen LogP contribution in [-0.2, 0) is 18.4 Å². The van der Waals surface area contributed by atoms with Gasteiger partial charge in [-0.15, -0.1) is 0 Å². The summed E-state index contributed by atoms with van der Waals surface area (Å²) in [6.07, 6.45) is 89.4. The summed E-state index contributed by atoms with van der Waals surface area (Å²) in [6, 6.07) is -0.894. The summed E-state index contributed by atoms with van der Waals surface area (Å²) >= 11 is 0. The lowest BCUT2D eigenvalue weighted by molar-refractivity contribution is -0.870. The number of phosphoric ester groups is 1. The number of aliphatic hydroxyl groups is 1. The van der Waals surface area contributed by atoms with Gasteiger partial charge in [-0.25, -0.2) is 0 Å². The van der Waals surface area contributed by atoms with Crippen LogP contribution in [0.2, 0.25) is 0 Å². The number of hydrogen-bond donors (Lipinski definition) is 2. The van der Waals surface area contributed by atoms with Gasteiger partial charge in [0.25, 0.3) is 7.82 Å². The Balaban J connectivity index is 4.10. The molecule has 470 valence electrons. The maximum absolute atomic E-state index is 13.0. The molecule has 0 aromatic heterocycles. The topological polar surface area (TPSA) is 108 Å². The van der Waals surface area contributed by atoms with Gasteiger partial charge in [0.15, 0.2) is 0 Å². The number of likely N-dealkylation sites (N-methyl/N-ethyl adjacent to an activating group) is 1. The fraction of sp³-hybridized carbons (Fsp3) is 0.764. The van der Waals surface area contributed by atoms with Crippen molar-refractivity contribution >= 4 is 13.7 Å². The van der Waals surface area contributed by atoms with E-state index in [4.69, 9.17) is 9.05 Å². The van der Waals surface area contributed by atoms with Crippen molar-refractivity contribution in [3.8, 4) is 0 Å². The fourth-order valence-corrected chi connectivity index (χ4v) is 10.5. The van der Waals surface area contributed by atoms with E-state index in [0.29, 0.717) is 17.4 Å². The second kappa shape index (κ2) is 62.0. The zero-order valence-corrected chi connectivity index (χ0v) is 54.6. The SMILES string of the molecule is CC/C=C\C/C=C\C/C=C\C/C=C\C/C=C\C/C=C\C/C=C\CCCCCCCCCCCCCCCC(=O)NC(COP(=O)([O-])OCC[N+](C)(C)C)C(O)/C=C/CCCCCCCCCCCCCCCCCCCCCCCC. The minimum absolute atomic E-state index is 0.00388. The molecule has 0 spiro atoms. The number of nitrogens with one attached hydrogen (secondary N) is 1. The first-order valence-corrected chi connectivity index (χ1v) is 35.6. The van der Waals surface area contributed by atoms with Gasteiger partial charge < -0.3 is 28.8 Å². The van der Waals surface area contributed by atoms with E-state index in [9.17, 15) is 19.4 Å². The molecule has 0 radical (unpaired) electrons. The number of nitrogens with zero attached hydrogens (tertiary/aromatic N) is 1. The zero-order chi connectivity index (χ0) is 59.1. The zero-order valence-electron chi connectivity index (χ0n) is 53.7. The number of hydrogen-bond acceptors (Lipinski definition) is 6. The van der Waals surface area contributed by atoms with Gasteiger partial charge in [0.2, 0.25) is 5.91 Å². The third-order valence-corrected chi connectivity index (χ3v) is 16.0. The Hall–Kier alpha value is -2.58. The summed E-state index contributed by atoms with van der Waals surface area (Å²) < 4.78 is 23.4. The second-order valence-corrected chi connectivity index (χ2v) is 25.6. The Morgan fingerprint density at radius 1 is 0.444 bits per heavy atom. The van der Waals surface area contributed by atoms with Gasteiger partial charge in [0.05, 0.1) is 39.9 Å². The lowest BCUT2D eigenvalue weighted by Crippen LogP contribution is -2.45. The molecule has 3 atom stereocenters. The highest BCUT2D eigenvalue weighted by Gasteiger charge is 2.23. The third kappa shape index (κ3) is 64.8. The summed E-state index contributed by atoms with van der Waals surface area (Å²) in [6.45, 7) is 4.56. The van der Waals surface area contributed by atoms with Gasteiger partial charge in [0, 0.05) is 6.42 Å². The third-order valence-electron chi connectivity index (χ3n) is 15.0. The summed E-state index contributed by atoms with van der Waals surface area (Å²) in [5, 5.41) is 14.0. The van der Waals surface area contributed by atoms with Gasteiger partial charge in [-0.2, -0.15) is 0 Å². The largest absolute Gasteiger partial charge is 0.756 e. The molecule has 0 aliphatic carbocycles. The smallest absolute Gasteiger partial charge is 0.268 e. The normalized spacial score (nSPS) is 14.3. The van der Waals surface area contributed by atoms with Crippen LogP contribution in [0.15, 0.2) is 97.2 Å². The molecule has 0 aliphatic rings. The van der Waals surface area contributed by atoms with Crippen LogP contribution in [0.1, 0.15) is 303 Å². The average Bonchev–Trinajstić information content (AvgIpc) is 3.43. The first kappa shape index (κ1) is 78.4. The van der Waals surface area contributed by atoms with E-state index in [0.717, 1.165) is 83.5 Å². The highest BCUT2D eigenvalue weighted by atomic mass is 31.2. The molecule has 81 heavy (non-hydrogen) atoms. The first-order chi connectivity index (χ1) is 39.5. The standard InChI is InChI=1S/C72H131N2O6P/c1-6-8-10-12-14-16-18-20-22-24-26-28-30-32-33-34-35-36-37-38-39-40-41-42-44-46-48-50-52-54-56-58-60-62-64-66-72(76)73-70(69-80-81(77,78)79-68-67-74(3,4)5)71(75)65-63-61-59-57-55-53-51-49-47-45-43-31-29-27-25-23-21-19-17-15-13-11-9-7-2/h8,10,14,16,20,22,26,28,32-33,35-36,38-39,63,65,70-71,75H,6-7,9,11-13,15,17-19,21,23-25,27,29-31,34,37,40-62,64,66-69H2,1-5H3,(H-,73,76,77,78)/b10-8-,16-14-,22-20-,28-26-,33-32-,36-35-,39-38-,65-63+. The molecule has 1 amide bonds. The summed E-state index contributed by atoms with van der Waals surface area (Å²) in [7, 11) is 1.26. The van der Waals surface area contributed by atoms with Crippen LogP contribution < -0.4 is 10.2 Å². The number of aliphatic hydroxyl groups excluding tert-OH is 1. The molecule has 0 aromatic carbocycles. The number of rotatable bonds is 62. The van der Waals surface area contributed by atoms with Gasteiger partial charge in [-0.1, -0.05) is 317 Å². The molecule has 8 nitrogen and oxygen atoms in total. The van der Waals surface area contributed by atoms with Crippen molar-refractivity contribution < 1.29 is 32.9 Å². The van der Waals surface area contributed by atoms with Gasteiger partial charge in [0.1, 0.15) is 13.2 Å². The van der Waals surface area contributed by atoms with Crippen LogP contribution in [-0.4, -0.2) is 68.5 Å². The van der Waals surface area contributed by atoms with Crippen LogP contribution in [0.25, 0.3) is 0 Å². The average molecular weight is 1150 g/mol. The lowest BCUT2D eigenvalue weighted by Gasteiger charge is -2.29. The van der Waals surface area contributed by atoms with Crippen molar-refractivity contribution in [3.05, 3.63) is 97.2 Å². The molecular weight excluding hydrogens is 1020 g/mol. The monoisotopic (exact) mass is 1150 g/mol. The maximum Gasteiger partial charge on any atom is 0.268 e. The number of carbonyl (C=O) groups is 1. The van der Waals surface area contributed by atoms with Crippen LogP contribution in [0.3, 0.4) is 0 Å². The Kier molecular flexibility index (Phi) is 60.0. The Labute approximate surface area is 502 Å². The van der Waals surface area contributed by atoms with Gasteiger partial charge in [-0.05, 0) is 77.0 Å². The minimum Gasteiger partial charge on any atom is -0.756 e. The molecule has 0 saturated carbocycles. The molecule has 2 N–H and O–H groups in total. The Bertz CT molecular complexity index is 1640. The van der Waals surface area contributed by atoms with E-state index in [-0.39, 0.29) is 19.1 Å². The Morgan fingerprint density at radius 2 is 0.753 bits per heavy atom. The number of phosphoric acid groups is 1. The molecule has 0 saturated heterocycles. The molecule has 0 heterocycles. The van der Waals surface area contributed by atoms with Crippen molar-refractivity contribution in [1.82, 2.24) is 5.32 Å². The summed E-state index contributed by atoms with van der Waals surface area (Å²) in [5.74, 6) is -0.198. The second-order valence-electron chi connectivity index (χ2n) is 24.2. The van der Waals surface area contributed by atoms with Crippen molar-refractivity contribution in [2.75, 3.05) is 40.9 Å².